The number of hydrogen-bond donors (Lipinski definition) is 4. The molecule has 0 spiro atoms. The summed E-state index contributed by atoms with van der Waals surface area (Å²) in [5.41, 5.74) is 1.18. The first-order valence-corrected chi connectivity index (χ1v) is 10.8. The molecule has 0 radical (unpaired) electrons. The van der Waals surface area contributed by atoms with Crippen molar-refractivity contribution in [2.75, 3.05) is 19.0 Å². The van der Waals surface area contributed by atoms with Gasteiger partial charge in [0, 0.05) is 39.2 Å². The highest BCUT2D eigenvalue weighted by Gasteiger charge is 2.42. The Labute approximate surface area is 200 Å². The Kier molecular flexibility index (Phi) is 5.75. The molecule has 2 aliphatic rings. The number of carbonyl (C=O) groups is 4. The lowest BCUT2D eigenvalue weighted by atomic mass is 9.70. The fourth-order valence-electron chi connectivity index (χ4n) is 4.85. The molecule has 182 valence electrons. The highest BCUT2D eigenvalue weighted by atomic mass is 16.5. The lowest BCUT2D eigenvalue weighted by molar-refractivity contribution is -0.131. The molecule has 2 aliphatic carbocycles. The van der Waals surface area contributed by atoms with Crippen molar-refractivity contribution in [1.29, 1.82) is 0 Å². The number of nitrogens with zero attached hydrogens (tertiary/aromatic N) is 1. The van der Waals surface area contributed by atoms with Crippen LogP contribution in [0, 0.1) is 5.92 Å². The molecule has 2 amide bonds. The normalized spacial score (nSPS) is 16.1. The van der Waals surface area contributed by atoms with Crippen LogP contribution >= 0.6 is 0 Å². The van der Waals surface area contributed by atoms with Crippen molar-refractivity contribution in [2.45, 2.75) is 26.7 Å². The third-order valence-electron chi connectivity index (χ3n) is 6.14. The number of benzene rings is 2. The molecule has 1 atom stereocenters. The third-order valence-corrected chi connectivity index (χ3v) is 6.14. The summed E-state index contributed by atoms with van der Waals surface area (Å²) in [5.74, 6) is -5.48. The Morgan fingerprint density at radius 3 is 2.31 bits per heavy atom. The first-order valence-electron chi connectivity index (χ1n) is 10.8. The van der Waals surface area contributed by atoms with E-state index in [9.17, 15) is 34.5 Å². The van der Waals surface area contributed by atoms with Crippen molar-refractivity contribution >= 4 is 35.0 Å². The summed E-state index contributed by atoms with van der Waals surface area (Å²) in [6.45, 7) is 2.15. The lowest BCUT2D eigenvalue weighted by Gasteiger charge is -2.34. The number of ether oxygens (including phenoxy) is 1. The predicted molar refractivity (Wildman–Crippen MR) is 125 cm³/mol. The number of anilines is 1. The number of fused-ring (bicyclic) bond motifs is 3. The maximum absolute atomic E-state index is 13.7. The number of phenols is 2. The number of allylic oxidation sites excluding steroid dienone is 1. The number of aliphatic hydroxyl groups is 1. The summed E-state index contributed by atoms with van der Waals surface area (Å²) in [4.78, 5) is 51.5. The predicted octanol–water partition coefficient (Wildman–Crippen LogP) is 2.25. The van der Waals surface area contributed by atoms with Crippen molar-refractivity contribution in [3.8, 4) is 17.2 Å². The summed E-state index contributed by atoms with van der Waals surface area (Å²) >= 11 is 0. The summed E-state index contributed by atoms with van der Waals surface area (Å²) in [6.07, 6.45) is 0.497. The number of aliphatic hydroxyl groups excluding tert-OH is 1. The molecule has 35 heavy (non-hydrogen) atoms. The minimum atomic E-state index is -1.05. The summed E-state index contributed by atoms with van der Waals surface area (Å²) in [6, 6.07) is 4.38. The smallest absolute Gasteiger partial charge is 0.308 e. The maximum atomic E-state index is 13.7. The Balaban J connectivity index is 1.97. The van der Waals surface area contributed by atoms with Crippen molar-refractivity contribution < 1.29 is 39.2 Å². The van der Waals surface area contributed by atoms with E-state index < -0.39 is 52.3 Å². The van der Waals surface area contributed by atoms with Crippen molar-refractivity contribution in [2.24, 2.45) is 5.92 Å². The van der Waals surface area contributed by atoms with Gasteiger partial charge in [0.15, 0.2) is 11.5 Å². The Morgan fingerprint density at radius 1 is 1.03 bits per heavy atom. The van der Waals surface area contributed by atoms with E-state index in [1.807, 2.05) is 24.3 Å². The molecular formula is C25H24N2O8. The minimum absolute atomic E-state index is 0.00761. The number of rotatable bonds is 3. The quantitative estimate of drug-likeness (QED) is 0.383. The van der Waals surface area contributed by atoms with Crippen LogP contribution in [0.1, 0.15) is 51.3 Å². The van der Waals surface area contributed by atoms with Crippen molar-refractivity contribution in [3.63, 3.8) is 0 Å². The van der Waals surface area contributed by atoms with Gasteiger partial charge in [-0.3, -0.25) is 24.5 Å². The van der Waals surface area contributed by atoms with Crippen molar-refractivity contribution in [3.05, 3.63) is 51.6 Å². The third kappa shape index (κ3) is 3.86. The van der Waals surface area contributed by atoms with Crippen molar-refractivity contribution in [1.82, 2.24) is 5.32 Å². The molecule has 10 heteroatoms. The van der Waals surface area contributed by atoms with Gasteiger partial charge in [0.25, 0.3) is 5.91 Å². The number of Topliss-reactive ketones (excluding diaryl/α,β-unsaturated/α-hetero) is 1. The first-order chi connectivity index (χ1) is 16.4. The molecule has 10 nitrogen and oxygen atoms in total. The second-order valence-electron chi connectivity index (χ2n) is 8.79. The number of phenolic OH excluding ortho intramolecular Hbond substituents is 2. The summed E-state index contributed by atoms with van der Waals surface area (Å²) in [7, 11) is 3.64. The van der Waals surface area contributed by atoms with E-state index in [4.69, 9.17) is 4.74 Å². The van der Waals surface area contributed by atoms with Gasteiger partial charge in [0.05, 0.1) is 11.1 Å². The molecule has 4 N–H and O–H groups in total. The molecule has 2 aromatic rings. The first kappa shape index (κ1) is 23.8. The number of imide groups is 1. The molecule has 2 aromatic carbocycles. The number of ketones is 1. The van der Waals surface area contributed by atoms with Crippen LogP contribution in [0.5, 0.6) is 17.2 Å². The zero-order valence-electron chi connectivity index (χ0n) is 19.6. The molecule has 4 rings (SSSR count). The summed E-state index contributed by atoms with van der Waals surface area (Å²) in [5, 5.41) is 34.3. The Hall–Kier alpha value is -4.34. The zero-order chi connectivity index (χ0) is 25.8. The van der Waals surface area contributed by atoms with E-state index in [2.05, 4.69) is 0 Å². The SMILES string of the molecule is CC(=O)NC(=O)c1c(O)cc2c(c1OC(C)=O)C(=O)C1=C(O)c3c(O)ccc(N(C)C)c3CC1C2. The van der Waals surface area contributed by atoms with Gasteiger partial charge in [-0.2, -0.15) is 0 Å². The highest BCUT2D eigenvalue weighted by Crippen LogP contribution is 2.49. The Bertz CT molecular complexity index is 1360. The fourth-order valence-corrected chi connectivity index (χ4v) is 4.85. The number of amides is 2. The zero-order valence-corrected chi connectivity index (χ0v) is 19.6. The van der Waals surface area contributed by atoms with Crippen LogP contribution in [0.15, 0.2) is 23.8 Å². The number of nitrogens with one attached hydrogen (secondary N) is 1. The van der Waals surface area contributed by atoms with Gasteiger partial charge in [-0.1, -0.05) is 0 Å². The average molecular weight is 480 g/mol. The van der Waals surface area contributed by atoms with Crippen LogP contribution in [0.4, 0.5) is 5.69 Å². The maximum Gasteiger partial charge on any atom is 0.308 e. The number of carbonyl (C=O) groups excluding carboxylic acids is 4. The highest BCUT2D eigenvalue weighted by molar-refractivity contribution is 6.19. The largest absolute Gasteiger partial charge is 0.507 e. The minimum Gasteiger partial charge on any atom is -0.507 e. The van der Waals surface area contributed by atoms with Gasteiger partial charge in [-0.15, -0.1) is 0 Å². The average Bonchev–Trinajstić information content (AvgIpc) is 2.71. The second kappa shape index (κ2) is 8.46. The monoisotopic (exact) mass is 480 g/mol. The van der Waals surface area contributed by atoms with Crippen LogP contribution in [-0.4, -0.2) is 53.0 Å². The van der Waals surface area contributed by atoms with E-state index >= 15 is 0 Å². The van der Waals surface area contributed by atoms with Crippen LogP contribution < -0.4 is 15.0 Å². The molecular weight excluding hydrogens is 456 g/mol. The molecule has 0 fully saturated rings. The van der Waals surface area contributed by atoms with Gasteiger partial charge in [-0.05, 0) is 48.1 Å². The molecule has 0 heterocycles. The van der Waals surface area contributed by atoms with E-state index in [0.717, 1.165) is 19.5 Å². The van der Waals surface area contributed by atoms with E-state index in [0.29, 0.717) is 17.5 Å². The fraction of sp³-hybridized carbons (Fsp3) is 0.280. The van der Waals surface area contributed by atoms with E-state index in [1.54, 1.807) is 6.07 Å². The van der Waals surface area contributed by atoms with E-state index in [-0.39, 0.29) is 28.9 Å². The van der Waals surface area contributed by atoms with Gasteiger partial charge in [0.2, 0.25) is 5.91 Å². The van der Waals surface area contributed by atoms with Crippen LogP contribution in [0.2, 0.25) is 0 Å². The number of esters is 1. The van der Waals surface area contributed by atoms with Gasteiger partial charge >= 0.3 is 5.97 Å². The number of aromatic hydroxyl groups is 2. The molecule has 0 aromatic heterocycles. The van der Waals surface area contributed by atoms with E-state index in [1.165, 1.54) is 12.1 Å². The van der Waals surface area contributed by atoms with Crippen LogP contribution in [-0.2, 0) is 22.4 Å². The lowest BCUT2D eigenvalue weighted by Crippen LogP contribution is -2.33. The van der Waals surface area contributed by atoms with Gasteiger partial charge in [0.1, 0.15) is 22.8 Å². The topological polar surface area (TPSA) is 153 Å². The molecule has 0 saturated heterocycles. The molecule has 0 aliphatic heterocycles. The number of hydrogen-bond acceptors (Lipinski definition) is 9. The standard InChI is InChI=1S/C25H24N2O8/c1-10(28)26-25(34)21-17(31)9-13-7-12-8-14-15(27(3)4)5-6-16(30)20(14)23(33)18(12)22(32)19(13)24(21)35-11(2)29/h5-6,9,12,30-31,33H,7-8H2,1-4H3,(H,26,28,34). The van der Waals surface area contributed by atoms with Crippen LogP contribution in [0.25, 0.3) is 5.76 Å². The molecule has 0 saturated carbocycles. The Morgan fingerprint density at radius 2 is 1.71 bits per heavy atom. The van der Waals surface area contributed by atoms with Crippen LogP contribution in [0.3, 0.4) is 0 Å². The van der Waals surface area contributed by atoms with Gasteiger partial charge < -0.3 is 25.0 Å². The molecule has 0 bridgehead atoms. The van der Waals surface area contributed by atoms with Gasteiger partial charge in [-0.25, -0.2) is 0 Å². The summed E-state index contributed by atoms with van der Waals surface area (Å²) < 4.78 is 5.20. The second-order valence-corrected chi connectivity index (χ2v) is 8.79. The molecule has 1 unspecified atom stereocenters.